The van der Waals surface area contributed by atoms with Gasteiger partial charge in [-0.1, -0.05) is 50.9 Å². The third-order valence-electron chi connectivity index (χ3n) is 4.84. The molecule has 0 aliphatic heterocycles. The van der Waals surface area contributed by atoms with Crippen molar-refractivity contribution in [2.75, 3.05) is 5.32 Å². The maximum Gasteiger partial charge on any atom is 0.286 e. The standard InChI is InChI=1S/C21H28N4O2S/c1-14(2)13-18-24-25-21(28-18)20(27)23-17-11-9-15(10-12-17)19(26)22-16-7-5-3-4-6-8-16/h9-12,14,16H,3-8,13H2,1-2H3,(H,22,26)(H,23,27). The van der Waals surface area contributed by atoms with Crippen LogP contribution < -0.4 is 10.6 Å². The largest absolute Gasteiger partial charge is 0.349 e. The Hall–Kier alpha value is -2.28. The van der Waals surface area contributed by atoms with Crippen LogP contribution in [0.25, 0.3) is 0 Å². The number of nitrogens with one attached hydrogen (secondary N) is 2. The summed E-state index contributed by atoms with van der Waals surface area (Å²) in [6, 6.07) is 7.25. The first-order valence-electron chi connectivity index (χ1n) is 10.1. The van der Waals surface area contributed by atoms with Crippen LogP contribution in [0, 0.1) is 5.92 Å². The Labute approximate surface area is 170 Å². The lowest BCUT2D eigenvalue weighted by atomic mass is 10.1. The SMILES string of the molecule is CC(C)Cc1nnc(C(=O)Nc2ccc(C(=O)NC3CCCCCC3)cc2)s1. The molecule has 7 heteroatoms. The zero-order chi connectivity index (χ0) is 19.9. The minimum Gasteiger partial charge on any atom is -0.349 e. The smallest absolute Gasteiger partial charge is 0.286 e. The van der Waals surface area contributed by atoms with Crippen molar-refractivity contribution in [3.05, 3.63) is 39.8 Å². The molecule has 3 rings (SSSR count). The number of carbonyl (C=O) groups is 2. The molecule has 1 aromatic heterocycles. The van der Waals surface area contributed by atoms with Gasteiger partial charge in [-0.3, -0.25) is 9.59 Å². The first kappa shape index (κ1) is 20.5. The second kappa shape index (κ2) is 9.78. The number of hydrogen-bond acceptors (Lipinski definition) is 5. The van der Waals surface area contributed by atoms with Crippen molar-refractivity contribution in [3.8, 4) is 0 Å². The molecule has 1 aliphatic carbocycles. The van der Waals surface area contributed by atoms with Crippen LogP contribution in [0.1, 0.15) is 77.5 Å². The van der Waals surface area contributed by atoms with Gasteiger partial charge in [0.2, 0.25) is 5.01 Å². The Morgan fingerprint density at radius 2 is 1.71 bits per heavy atom. The fourth-order valence-corrected chi connectivity index (χ4v) is 4.31. The molecule has 2 aromatic rings. The summed E-state index contributed by atoms with van der Waals surface area (Å²) in [5, 5.41) is 15.2. The van der Waals surface area contributed by atoms with Crippen LogP contribution in [0.3, 0.4) is 0 Å². The van der Waals surface area contributed by atoms with Gasteiger partial charge in [0.15, 0.2) is 0 Å². The summed E-state index contributed by atoms with van der Waals surface area (Å²) in [7, 11) is 0. The molecule has 1 heterocycles. The van der Waals surface area contributed by atoms with Gasteiger partial charge in [-0.05, 0) is 43.0 Å². The second-order valence-corrected chi connectivity index (χ2v) is 8.85. The molecule has 2 N–H and O–H groups in total. The van der Waals surface area contributed by atoms with Crippen LogP contribution in [0.15, 0.2) is 24.3 Å². The zero-order valence-electron chi connectivity index (χ0n) is 16.5. The Morgan fingerprint density at radius 3 is 2.36 bits per heavy atom. The predicted octanol–water partition coefficient (Wildman–Crippen LogP) is 4.44. The van der Waals surface area contributed by atoms with Gasteiger partial charge in [0.1, 0.15) is 5.01 Å². The van der Waals surface area contributed by atoms with E-state index in [4.69, 9.17) is 0 Å². The van der Waals surface area contributed by atoms with E-state index in [1.807, 2.05) is 0 Å². The molecule has 1 saturated carbocycles. The van der Waals surface area contributed by atoms with Crippen LogP contribution >= 0.6 is 11.3 Å². The molecule has 150 valence electrons. The van der Waals surface area contributed by atoms with E-state index in [9.17, 15) is 9.59 Å². The number of amides is 2. The number of benzene rings is 1. The van der Waals surface area contributed by atoms with E-state index < -0.39 is 0 Å². The number of aromatic nitrogens is 2. The fourth-order valence-electron chi connectivity index (χ4n) is 3.36. The summed E-state index contributed by atoms with van der Waals surface area (Å²) in [4.78, 5) is 24.8. The van der Waals surface area contributed by atoms with Gasteiger partial charge < -0.3 is 10.6 Å². The van der Waals surface area contributed by atoms with E-state index in [0.29, 0.717) is 22.2 Å². The van der Waals surface area contributed by atoms with Gasteiger partial charge in [0.05, 0.1) is 0 Å². The van der Waals surface area contributed by atoms with E-state index in [1.165, 1.54) is 37.0 Å². The summed E-state index contributed by atoms with van der Waals surface area (Å²) in [6.07, 6.45) is 7.81. The molecule has 0 unspecified atom stereocenters. The van der Waals surface area contributed by atoms with Crippen molar-refractivity contribution in [2.24, 2.45) is 5.92 Å². The Bertz CT molecular complexity index is 793. The predicted molar refractivity (Wildman–Crippen MR) is 112 cm³/mol. The normalized spacial score (nSPS) is 15.2. The average Bonchev–Trinajstić information content (AvgIpc) is 2.97. The third-order valence-corrected chi connectivity index (χ3v) is 5.78. The van der Waals surface area contributed by atoms with Crippen molar-refractivity contribution in [1.82, 2.24) is 15.5 Å². The lowest BCUT2D eigenvalue weighted by Crippen LogP contribution is -2.34. The molecular weight excluding hydrogens is 372 g/mol. The highest BCUT2D eigenvalue weighted by atomic mass is 32.1. The minimum absolute atomic E-state index is 0.0489. The van der Waals surface area contributed by atoms with E-state index >= 15 is 0 Å². The maximum absolute atomic E-state index is 12.5. The molecular formula is C21H28N4O2S. The Morgan fingerprint density at radius 1 is 1.04 bits per heavy atom. The number of carbonyl (C=O) groups excluding carboxylic acids is 2. The van der Waals surface area contributed by atoms with Gasteiger partial charge >= 0.3 is 0 Å². The van der Waals surface area contributed by atoms with Crippen molar-refractivity contribution in [1.29, 1.82) is 0 Å². The minimum atomic E-state index is -0.275. The molecule has 0 bridgehead atoms. The first-order chi connectivity index (χ1) is 13.5. The Kier molecular flexibility index (Phi) is 7.14. The van der Waals surface area contributed by atoms with E-state index in [1.54, 1.807) is 24.3 Å². The van der Waals surface area contributed by atoms with E-state index in [-0.39, 0.29) is 17.9 Å². The number of rotatable bonds is 6. The third kappa shape index (κ3) is 5.86. The molecule has 2 amide bonds. The summed E-state index contributed by atoms with van der Waals surface area (Å²) >= 11 is 1.32. The number of nitrogens with zero attached hydrogens (tertiary/aromatic N) is 2. The molecule has 1 aromatic carbocycles. The molecule has 28 heavy (non-hydrogen) atoms. The summed E-state index contributed by atoms with van der Waals surface area (Å²) in [5.41, 5.74) is 1.24. The summed E-state index contributed by atoms with van der Waals surface area (Å²) in [5.74, 6) is 0.149. The van der Waals surface area contributed by atoms with E-state index in [2.05, 4.69) is 34.7 Å². The molecule has 0 atom stereocenters. The maximum atomic E-state index is 12.5. The second-order valence-electron chi connectivity index (χ2n) is 7.79. The highest BCUT2D eigenvalue weighted by Gasteiger charge is 2.17. The highest BCUT2D eigenvalue weighted by Crippen LogP contribution is 2.19. The van der Waals surface area contributed by atoms with Crippen LogP contribution in [-0.2, 0) is 6.42 Å². The van der Waals surface area contributed by atoms with Crippen molar-refractivity contribution < 1.29 is 9.59 Å². The lowest BCUT2D eigenvalue weighted by molar-refractivity contribution is 0.0933. The number of hydrogen-bond donors (Lipinski definition) is 2. The quantitative estimate of drug-likeness (QED) is 0.702. The molecule has 0 spiro atoms. The summed E-state index contributed by atoms with van der Waals surface area (Å²) in [6.45, 7) is 4.21. The van der Waals surface area contributed by atoms with Crippen LogP contribution in [0.2, 0.25) is 0 Å². The highest BCUT2D eigenvalue weighted by molar-refractivity contribution is 7.13. The van der Waals surface area contributed by atoms with Crippen LogP contribution in [0.4, 0.5) is 5.69 Å². The fraction of sp³-hybridized carbons (Fsp3) is 0.524. The summed E-state index contributed by atoms with van der Waals surface area (Å²) < 4.78 is 0. The van der Waals surface area contributed by atoms with Crippen molar-refractivity contribution in [2.45, 2.75) is 64.8 Å². The van der Waals surface area contributed by atoms with E-state index in [0.717, 1.165) is 24.3 Å². The average molecular weight is 401 g/mol. The Balaban J connectivity index is 1.55. The monoisotopic (exact) mass is 400 g/mol. The van der Waals surface area contributed by atoms with Gasteiger partial charge in [-0.25, -0.2) is 0 Å². The molecule has 1 aliphatic rings. The van der Waals surface area contributed by atoms with Crippen molar-refractivity contribution in [3.63, 3.8) is 0 Å². The van der Waals surface area contributed by atoms with Crippen LogP contribution in [0.5, 0.6) is 0 Å². The molecule has 0 radical (unpaired) electrons. The molecule has 1 fully saturated rings. The van der Waals surface area contributed by atoms with Gasteiger partial charge in [0, 0.05) is 23.7 Å². The molecule has 6 nitrogen and oxygen atoms in total. The van der Waals surface area contributed by atoms with Crippen molar-refractivity contribution >= 4 is 28.8 Å². The first-order valence-corrected chi connectivity index (χ1v) is 10.9. The van der Waals surface area contributed by atoms with Crippen LogP contribution in [-0.4, -0.2) is 28.1 Å². The van der Waals surface area contributed by atoms with Gasteiger partial charge in [-0.15, -0.1) is 10.2 Å². The molecule has 0 saturated heterocycles. The zero-order valence-corrected chi connectivity index (χ0v) is 17.3. The lowest BCUT2D eigenvalue weighted by Gasteiger charge is -2.16. The van der Waals surface area contributed by atoms with Gasteiger partial charge in [0.25, 0.3) is 11.8 Å². The van der Waals surface area contributed by atoms with Gasteiger partial charge in [-0.2, -0.15) is 0 Å². The number of anilines is 1. The topological polar surface area (TPSA) is 84.0 Å².